The molecule has 0 saturated heterocycles. The van der Waals surface area contributed by atoms with Crippen LogP contribution < -0.4 is 4.74 Å². The zero-order chi connectivity index (χ0) is 15.9. The largest absolute Gasteiger partial charge is 0.496 e. The molecule has 0 fully saturated rings. The van der Waals surface area contributed by atoms with Gasteiger partial charge in [-0.25, -0.2) is 0 Å². The number of benzene rings is 2. The smallest absolute Gasteiger partial charge is 0.122 e. The van der Waals surface area contributed by atoms with Crippen molar-refractivity contribution in [1.82, 2.24) is 0 Å². The topological polar surface area (TPSA) is 9.23 Å². The minimum absolute atomic E-state index is 0.783. The van der Waals surface area contributed by atoms with Gasteiger partial charge in [-0.2, -0.15) is 0 Å². The molecule has 3 heteroatoms. The highest BCUT2D eigenvalue weighted by Crippen LogP contribution is 2.29. The molecule has 0 aliphatic rings. The van der Waals surface area contributed by atoms with Crippen LogP contribution >= 0.6 is 23.4 Å². The Morgan fingerprint density at radius 3 is 2.68 bits per heavy atom. The molecule has 0 bridgehead atoms. The quantitative estimate of drug-likeness (QED) is 0.460. The summed E-state index contributed by atoms with van der Waals surface area (Å²) >= 11 is 8.02. The van der Waals surface area contributed by atoms with Gasteiger partial charge in [-0.3, -0.25) is 0 Å². The van der Waals surface area contributed by atoms with E-state index in [9.17, 15) is 0 Å². The van der Waals surface area contributed by atoms with Gasteiger partial charge in [0, 0.05) is 15.5 Å². The molecule has 0 heterocycles. The van der Waals surface area contributed by atoms with Gasteiger partial charge in [0.2, 0.25) is 0 Å². The summed E-state index contributed by atoms with van der Waals surface area (Å²) in [7, 11) is 1.72. The minimum atomic E-state index is 0.783. The third-order valence-electron chi connectivity index (χ3n) is 3.50. The lowest BCUT2D eigenvalue weighted by Crippen LogP contribution is -1.92. The lowest BCUT2D eigenvalue weighted by atomic mass is 10.0. The number of hydrogen-bond donors (Lipinski definition) is 0. The number of halogens is 1. The molecule has 0 aromatic heterocycles. The highest BCUT2D eigenvalue weighted by atomic mass is 35.5. The van der Waals surface area contributed by atoms with Crippen LogP contribution in [0.5, 0.6) is 5.75 Å². The standard InChI is InChI=1S/C19H21ClOS/c1-4-6-15-13-14(10-12-18(15)21-2)9-11-16-17(20)7-5-8-19(16)22-3/h5,7-13H,4,6H2,1-3H3/b11-9+. The van der Waals surface area contributed by atoms with Gasteiger partial charge in [0.25, 0.3) is 0 Å². The van der Waals surface area contributed by atoms with Gasteiger partial charge in [0.1, 0.15) is 5.75 Å². The van der Waals surface area contributed by atoms with E-state index in [1.807, 2.05) is 18.2 Å². The lowest BCUT2D eigenvalue weighted by molar-refractivity contribution is 0.409. The van der Waals surface area contributed by atoms with Crippen molar-refractivity contribution < 1.29 is 4.74 Å². The predicted octanol–water partition coefficient (Wildman–Crippen LogP) is 6.19. The van der Waals surface area contributed by atoms with E-state index in [-0.39, 0.29) is 0 Å². The summed E-state index contributed by atoms with van der Waals surface area (Å²) in [6.07, 6.45) is 8.39. The number of hydrogen-bond acceptors (Lipinski definition) is 2. The molecular weight excluding hydrogens is 312 g/mol. The van der Waals surface area contributed by atoms with E-state index >= 15 is 0 Å². The predicted molar refractivity (Wildman–Crippen MR) is 99.2 cm³/mol. The van der Waals surface area contributed by atoms with Gasteiger partial charge in [-0.15, -0.1) is 11.8 Å². The summed E-state index contributed by atoms with van der Waals surface area (Å²) in [6.45, 7) is 2.18. The van der Waals surface area contributed by atoms with E-state index < -0.39 is 0 Å². The van der Waals surface area contributed by atoms with Crippen LogP contribution in [0.25, 0.3) is 12.2 Å². The first-order valence-electron chi connectivity index (χ1n) is 7.37. The first-order chi connectivity index (χ1) is 10.7. The van der Waals surface area contributed by atoms with Gasteiger partial charge < -0.3 is 4.74 Å². The van der Waals surface area contributed by atoms with Crippen LogP contribution in [0.1, 0.15) is 30.0 Å². The van der Waals surface area contributed by atoms with Crippen molar-refractivity contribution in [1.29, 1.82) is 0 Å². The summed E-state index contributed by atoms with van der Waals surface area (Å²) in [4.78, 5) is 1.19. The number of aryl methyl sites for hydroxylation is 1. The molecule has 2 aromatic rings. The minimum Gasteiger partial charge on any atom is -0.496 e. The Morgan fingerprint density at radius 2 is 2.00 bits per heavy atom. The molecular formula is C19H21ClOS. The van der Waals surface area contributed by atoms with Gasteiger partial charge in [0.05, 0.1) is 7.11 Å². The zero-order valence-corrected chi connectivity index (χ0v) is 14.8. The van der Waals surface area contributed by atoms with Crippen molar-refractivity contribution in [2.75, 3.05) is 13.4 Å². The highest BCUT2D eigenvalue weighted by Gasteiger charge is 2.04. The molecule has 2 aromatic carbocycles. The number of rotatable bonds is 6. The molecule has 0 aliphatic carbocycles. The SMILES string of the molecule is CCCc1cc(/C=C/c2c(Cl)cccc2SC)ccc1OC. The fourth-order valence-corrected chi connectivity index (χ4v) is 3.31. The normalized spacial score (nSPS) is 11.1. The molecule has 0 N–H and O–H groups in total. The maximum Gasteiger partial charge on any atom is 0.122 e. The molecule has 1 nitrogen and oxygen atoms in total. The number of ether oxygens (including phenoxy) is 1. The molecule has 0 saturated carbocycles. The Labute approximate surface area is 142 Å². The lowest BCUT2D eigenvalue weighted by Gasteiger charge is -2.09. The van der Waals surface area contributed by atoms with Crippen molar-refractivity contribution in [3.05, 3.63) is 58.1 Å². The molecule has 0 aliphatic heterocycles. The molecule has 0 amide bonds. The van der Waals surface area contributed by atoms with Crippen molar-refractivity contribution in [2.24, 2.45) is 0 Å². The average Bonchev–Trinajstić information content (AvgIpc) is 2.54. The Hall–Kier alpha value is -1.38. The third kappa shape index (κ3) is 4.08. The van der Waals surface area contributed by atoms with E-state index in [0.29, 0.717) is 0 Å². The number of thioether (sulfide) groups is 1. The summed E-state index contributed by atoms with van der Waals surface area (Å²) in [6, 6.07) is 12.3. The van der Waals surface area contributed by atoms with Crippen molar-refractivity contribution in [3.8, 4) is 5.75 Å². The Bertz CT molecular complexity index is 664. The van der Waals surface area contributed by atoms with Crippen molar-refractivity contribution in [3.63, 3.8) is 0 Å². The summed E-state index contributed by atoms with van der Waals surface area (Å²) < 4.78 is 5.42. The summed E-state index contributed by atoms with van der Waals surface area (Å²) in [5.74, 6) is 0.960. The van der Waals surface area contributed by atoms with E-state index in [2.05, 4.69) is 43.5 Å². The molecule has 0 radical (unpaired) electrons. The maximum atomic E-state index is 6.32. The molecule has 0 atom stereocenters. The fraction of sp³-hybridized carbons (Fsp3) is 0.263. The third-order valence-corrected chi connectivity index (χ3v) is 4.62. The van der Waals surface area contributed by atoms with Gasteiger partial charge in [-0.05, 0) is 48.1 Å². The molecule has 0 unspecified atom stereocenters. The van der Waals surface area contributed by atoms with Crippen molar-refractivity contribution in [2.45, 2.75) is 24.7 Å². The van der Waals surface area contributed by atoms with E-state index in [1.54, 1.807) is 18.9 Å². The van der Waals surface area contributed by atoms with Crippen LogP contribution in [0.15, 0.2) is 41.3 Å². The first kappa shape index (κ1) is 17.0. The van der Waals surface area contributed by atoms with Gasteiger partial charge in [-0.1, -0.05) is 49.2 Å². The van der Waals surface area contributed by atoms with Crippen LogP contribution in [0.2, 0.25) is 5.02 Å². The Morgan fingerprint density at radius 1 is 1.18 bits per heavy atom. The van der Waals surface area contributed by atoms with E-state index in [4.69, 9.17) is 16.3 Å². The van der Waals surface area contributed by atoms with E-state index in [1.165, 1.54) is 10.5 Å². The monoisotopic (exact) mass is 332 g/mol. The van der Waals surface area contributed by atoms with Gasteiger partial charge in [0.15, 0.2) is 0 Å². The van der Waals surface area contributed by atoms with Crippen LogP contribution in [0, 0.1) is 0 Å². The van der Waals surface area contributed by atoms with Crippen LogP contribution in [-0.4, -0.2) is 13.4 Å². The Balaban J connectivity index is 2.33. The second-order valence-corrected chi connectivity index (χ2v) is 6.27. The van der Waals surface area contributed by atoms with Crippen molar-refractivity contribution >= 4 is 35.5 Å². The van der Waals surface area contributed by atoms with Crippen LogP contribution in [-0.2, 0) is 6.42 Å². The van der Waals surface area contributed by atoms with Crippen LogP contribution in [0.3, 0.4) is 0 Å². The Kier molecular flexibility index (Phi) is 6.41. The van der Waals surface area contributed by atoms with E-state index in [0.717, 1.165) is 34.7 Å². The fourth-order valence-electron chi connectivity index (χ4n) is 2.40. The molecule has 116 valence electrons. The maximum absolute atomic E-state index is 6.32. The number of methoxy groups -OCH3 is 1. The zero-order valence-electron chi connectivity index (χ0n) is 13.2. The second kappa shape index (κ2) is 8.30. The summed E-state index contributed by atoms with van der Waals surface area (Å²) in [5, 5.41) is 0.783. The molecule has 0 spiro atoms. The summed E-state index contributed by atoms with van der Waals surface area (Å²) in [5.41, 5.74) is 3.48. The molecule has 2 rings (SSSR count). The second-order valence-electron chi connectivity index (χ2n) is 5.01. The average molecular weight is 333 g/mol. The first-order valence-corrected chi connectivity index (χ1v) is 8.97. The van der Waals surface area contributed by atoms with Crippen LogP contribution in [0.4, 0.5) is 0 Å². The molecule has 22 heavy (non-hydrogen) atoms. The van der Waals surface area contributed by atoms with Gasteiger partial charge >= 0.3 is 0 Å². The highest BCUT2D eigenvalue weighted by molar-refractivity contribution is 7.98.